The van der Waals surface area contributed by atoms with Gasteiger partial charge in [0.15, 0.2) is 5.13 Å². The first-order valence-corrected chi connectivity index (χ1v) is 12.1. The minimum atomic E-state index is -3.70. The number of halogens is 1. The van der Waals surface area contributed by atoms with Gasteiger partial charge in [-0.05, 0) is 56.3 Å². The molecule has 0 radical (unpaired) electrons. The summed E-state index contributed by atoms with van der Waals surface area (Å²) in [6.07, 6.45) is 1.63. The molecule has 0 bridgehead atoms. The Labute approximate surface area is 175 Å². The Bertz CT molecular complexity index is 1120. The van der Waals surface area contributed by atoms with Gasteiger partial charge in [0, 0.05) is 5.92 Å². The third-order valence-electron chi connectivity index (χ3n) is 4.39. The van der Waals surface area contributed by atoms with Crippen LogP contribution >= 0.6 is 34.3 Å². The lowest BCUT2D eigenvalue weighted by atomic mass is 9.97. The van der Waals surface area contributed by atoms with Crippen molar-refractivity contribution in [2.45, 2.75) is 17.1 Å². The Morgan fingerprint density at radius 3 is 2.68 bits per heavy atom. The molecule has 0 atom stereocenters. The van der Waals surface area contributed by atoms with Crippen LogP contribution in [0.25, 0.3) is 10.2 Å². The van der Waals surface area contributed by atoms with Crippen LogP contribution in [-0.2, 0) is 14.8 Å². The number of nitrogens with zero attached hydrogens (tertiary/aromatic N) is 1. The van der Waals surface area contributed by atoms with E-state index >= 15 is 0 Å². The van der Waals surface area contributed by atoms with Gasteiger partial charge in [-0.25, -0.2) is 13.4 Å². The van der Waals surface area contributed by atoms with Crippen LogP contribution in [0.15, 0.2) is 34.5 Å². The molecule has 2 aromatic heterocycles. The van der Waals surface area contributed by atoms with E-state index in [0.717, 1.165) is 42.0 Å². The molecule has 3 heterocycles. The molecule has 3 N–H and O–H groups in total. The molecule has 7 nitrogen and oxygen atoms in total. The van der Waals surface area contributed by atoms with E-state index in [-0.39, 0.29) is 16.0 Å². The van der Waals surface area contributed by atoms with Crippen molar-refractivity contribution >= 4 is 71.2 Å². The molecular weight excluding hydrogens is 440 g/mol. The second-order valence-electron chi connectivity index (χ2n) is 6.38. The second-order valence-corrected chi connectivity index (χ2v) is 11.0. The number of hydrogen-bond acceptors (Lipinski definition) is 7. The first kappa shape index (κ1) is 19.6. The van der Waals surface area contributed by atoms with E-state index in [9.17, 15) is 13.2 Å². The monoisotopic (exact) mass is 456 g/mol. The zero-order chi connectivity index (χ0) is 19.7. The number of hydrogen-bond donors (Lipinski definition) is 3. The molecule has 4 rings (SSSR count). The lowest BCUT2D eigenvalue weighted by Crippen LogP contribution is -2.34. The average molecular weight is 457 g/mol. The smallest absolute Gasteiger partial charge is 0.271 e. The van der Waals surface area contributed by atoms with Gasteiger partial charge in [0.05, 0.1) is 20.2 Å². The molecule has 0 spiro atoms. The summed E-state index contributed by atoms with van der Waals surface area (Å²) >= 11 is 8.14. The van der Waals surface area contributed by atoms with Crippen molar-refractivity contribution in [1.29, 1.82) is 0 Å². The van der Waals surface area contributed by atoms with Crippen molar-refractivity contribution in [3.63, 3.8) is 0 Å². The van der Waals surface area contributed by atoms with Gasteiger partial charge in [-0.2, -0.15) is 0 Å². The number of fused-ring (bicyclic) bond motifs is 1. The fourth-order valence-electron chi connectivity index (χ4n) is 2.98. The molecule has 0 saturated carbocycles. The largest absolute Gasteiger partial charge is 0.317 e. The average Bonchev–Trinajstić information content (AvgIpc) is 3.28. The van der Waals surface area contributed by atoms with Gasteiger partial charge in [-0.1, -0.05) is 22.9 Å². The highest BCUT2D eigenvalue weighted by Crippen LogP contribution is 2.31. The number of piperidine rings is 1. The third kappa shape index (κ3) is 4.31. The summed E-state index contributed by atoms with van der Waals surface area (Å²) in [5.74, 6) is -0.0238. The summed E-state index contributed by atoms with van der Waals surface area (Å²) < 4.78 is 28.8. The normalized spacial score (nSPS) is 15.6. The van der Waals surface area contributed by atoms with Crippen LogP contribution in [0.2, 0.25) is 4.34 Å². The maximum atomic E-state index is 12.4. The van der Waals surface area contributed by atoms with Crippen molar-refractivity contribution < 1.29 is 13.2 Å². The highest BCUT2D eigenvalue weighted by molar-refractivity contribution is 7.94. The quantitative estimate of drug-likeness (QED) is 0.542. The molecule has 28 heavy (non-hydrogen) atoms. The summed E-state index contributed by atoms with van der Waals surface area (Å²) in [6.45, 7) is 1.69. The van der Waals surface area contributed by atoms with E-state index in [0.29, 0.717) is 20.7 Å². The number of carbonyl (C=O) groups excluding carboxylic acids is 1. The van der Waals surface area contributed by atoms with Gasteiger partial charge in [-0.3, -0.25) is 9.52 Å². The predicted octanol–water partition coefficient (Wildman–Crippen LogP) is 3.75. The number of rotatable bonds is 5. The van der Waals surface area contributed by atoms with Gasteiger partial charge in [0.2, 0.25) is 5.91 Å². The van der Waals surface area contributed by atoms with E-state index in [1.54, 1.807) is 24.3 Å². The molecule has 148 valence electrons. The molecule has 1 amide bonds. The first-order chi connectivity index (χ1) is 13.4. The number of aromatic nitrogens is 1. The van der Waals surface area contributed by atoms with Crippen molar-refractivity contribution in [3.8, 4) is 0 Å². The molecular formula is C17H17ClN4O3S3. The van der Waals surface area contributed by atoms with Crippen LogP contribution in [0.3, 0.4) is 0 Å². The minimum Gasteiger partial charge on any atom is -0.317 e. The Balaban J connectivity index is 1.51. The molecule has 1 aliphatic rings. The van der Waals surface area contributed by atoms with Crippen LogP contribution in [0.5, 0.6) is 0 Å². The fraction of sp³-hybridized carbons (Fsp3) is 0.294. The van der Waals surface area contributed by atoms with Crippen LogP contribution in [0.4, 0.5) is 10.8 Å². The second kappa shape index (κ2) is 7.96. The van der Waals surface area contributed by atoms with Crippen molar-refractivity contribution in [3.05, 3.63) is 34.7 Å². The highest BCUT2D eigenvalue weighted by Gasteiger charge is 2.22. The lowest BCUT2D eigenvalue weighted by molar-refractivity contribution is -0.120. The number of thiazole rings is 1. The summed E-state index contributed by atoms with van der Waals surface area (Å²) in [7, 11) is -3.70. The molecule has 1 saturated heterocycles. The van der Waals surface area contributed by atoms with Gasteiger partial charge in [0.1, 0.15) is 4.21 Å². The van der Waals surface area contributed by atoms with Gasteiger partial charge >= 0.3 is 0 Å². The number of nitrogens with one attached hydrogen (secondary N) is 3. The van der Waals surface area contributed by atoms with E-state index in [1.165, 1.54) is 17.4 Å². The van der Waals surface area contributed by atoms with Crippen LogP contribution in [0, 0.1) is 5.92 Å². The SMILES string of the molecule is O=C(Nc1nc2ccc(NS(=O)(=O)c3ccc(Cl)s3)cc2s1)C1CCNCC1. The minimum absolute atomic E-state index is 0.00625. The number of anilines is 2. The fourth-order valence-corrected chi connectivity index (χ4v) is 6.42. The van der Waals surface area contributed by atoms with Crippen LogP contribution in [-0.4, -0.2) is 32.4 Å². The third-order valence-corrected chi connectivity index (χ3v) is 8.43. The van der Waals surface area contributed by atoms with Crippen molar-refractivity contribution in [2.24, 2.45) is 5.92 Å². The summed E-state index contributed by atoms with van der Waals surface area (Å²) in [5, 5.41) is 6.64. The molecule has 0 unspecified atom stereocenters. The molecule has 1 aromatic carbocycles. The van der Waals surface area contributed by atoms with E-state index in [1.807, 2.05) is 0 Å². The lowest BCUT2D eigenvalue weighted by Gasteiger charge is -2.20. The van der Waals surface area contributed by atoms with Gasteiger partial charge < -0.3 is 10.6 Å². The Morgan fingerprint density at radius 1 is 1.18 bits per heavy atom. The van der Waals surface area contributed by atoms with E-state index in [4.69, 9.17) is 11.6 Å². The number of amides is 1. The Morgan fingerprint density at radius 2 is 1.96 bits per heavy atom. The van der Waals surface area contributed by atoms with Gasteiger partial charge in [0.25, 0.3) is 10.0 Å². The Kier molecular flexibility index (Phi) is 5.57. The van der Waals surface area contributed by atoms with E-state index in [2.05, 4.69) is 20.3 Å². The van der Waals surface area contributed by atoms with Crippen LogP contribution in [0.1, 0.15) is 12.8 Å². The maximum absolute atomic E-state index is 12.4. The van der Waals surface area contributed by atoms with Crippen molar-refractivity contribution in [2.75, 3.05) is 23.1 Å². The number of sulfonamides is 1. The number of benzene rings is 1. The highest BCUT2D eigenvalue weighted by atomic mass is 35.5. The van der Waals surface area contributed by atoms with Crippen LogP contribution < -0.4 is 15.4 Å². The summed E-state index contributed by atoms with van der Waals surface area (Å²) in [6, 6.07) is 8.10. The topological polar surface area (TPSA) is 100 Å². The molecule has 11 heteroatoms. The van der Waals surface area contributed by atoms with E-state index < -0.39 is 10.0 Å². The predicted molar refractivity (Wildman–Crippen MR) is 114 cm³/mol. The first-order valence-electron chi connectivity index (χ1n) is 8.61. The van der Waals surface area contributed by atoms with Crippen molar-refractivity contribution in [1.82, 2.24) is 10.3 Å². The molecule has 0 aliphatic carbocycles. The Hall–Kier alpha value is -1.72. The molecule has 3 aromatic rings. The zero-order valence-corrected chi connectivity index (χ0v) is 17.8. The standard InChI is InChI=1S/C17H17ClN4O3S3/c18-14-3-4-15(27-14)28(24,25)22-11-1-2-12-13(9-11)26-17(20-12)21-16(23)10-5-7-19-8-6-10/h1-4,9-10,19,22H,5-8H2,(H,20,21,23). The molecule has 1 aliphatic heterocycles. The number of carbonyl (C=O) groups is 1. The maximum Gasteiger partial charge on any atom is 0.271 e. The zero-order valence-electron chi connectivity index (χ0n) is 14.6. The number of thiophene rings is 1. The summed E-state index contributed by atoms with van der Waals surface area (Å²) in [5.41, 5.74) is 1.13. The van der Waals surface area contributed by atoms with Gasteiger partial charge in [-0.15, -0.1) is 11.3 Å². The molecule has 1 fully saturated rings. The summed E-state index contributed by atoms with van der Waals surface area (Å²) in [4.78, 5) is 16.8.